The van der Waals surface area contributed by atoms with E-state index in [-0.39, 0.29) is 23.6 Å². The number of halogens is 1. The number of benzene rings is 1. The predicted octanol–water partition coefficient (Wildman–Crippen LogP) is 1.60. The highest BCUT2D eigenvalue weighted by molar-refractivity contribution is 7.07. The van der Waals surface area contributed by atoms with Crippen LogP contribution in [0.1, 0.15) is 21.6 Å². The number of rotatable bonds is 4. The highest BCUT2D eigenvalue weighted by Gasteiger charge is 2.11. The molecule has 0 unspecified atom stereocenters. The van der Waals surface area contributed by atoms with Crippen LogP contribution in [0.15, 0.2) is 29.1 Å². The fourth-order valence-corrected chi connectivity index (χ4v) is 2.31. The Bertz CT molecular complexity index is 675. The van der Waals surface area contributed by atoms with Crippen LogP contribution < -0.4 is 5.32 Å². The summed E-state index contributed by atoms with van der Waals surface area (Å²) in [6.07, 6.45) is 0.633. The first-order valence-electron chi connectivity index (χ1n) is 6.25. The number of aliphatic hydroxyl groups excluding tert-OH is 1. The Balaban J connectivity index is 2.04. The van der Waals surface area contributed by atoms with Gasteiger partial charge in [0.1, 0.15) is 12.4 Å². The predicted molar refractivity (Wildman–Crippen MR) is 78.5 cm³/mol. The summed E-state index contributed by atoms with van der Waals surface area (Å²) in [5.74, 6) is 4.19. The van der Waals surface area contributed by atoms with Gasteiger partial charge in [0.15, 0.2) is 0 Å². The number of nitrogens with one attached hydrogen (secondary N) is 1. The number of thiazole rings is 1. The summed E-state index contributed by atoms with van der Waals surface area (Å²) < 4.78 is 13.2. The van der Waals surface area contributed by atoms with E-state index in [1.54, 1.807) is 5.51 Å². The Labute approximate surface area is 125 Å². The lowest BCUT2D eigenvalue weighted by Gasteiger charge is -2.06. The fourth-order valence-electron chi connectivity index (χ4n) is 1.71. The van der Waals surface area contributed by atoms with Gasteiger partial charge in [0, 0.05) is 23.9 Å². The summed E-state index contributed by atoms with van der Waals surface area (Å²) in [4.78, 5) is 16.2. The molecule has 0 atom stereocenters. The minimum absolute atomic E-state index is 0.259. The standard InChI is InChI=1S/C15H13FN2O2S/c16-12-3-4-14(11(8-12)2-1-7-19)15(20)17-6-5-13-9-21-10-18-13/h3-4,8-10,19H,5-7H2,(H,17,20). The van der Waals surface area contributed by atoms with Gasteiger partial charge in [-0.25, -0.2) is 9.37 Å². The van der Waals surface area contributed by atoms with Crippen molar-refractivity contribution in [2.24, 2.45) is 0 Å². The van der Waals surface area contributed by atoms with Gasteiger partial charge in [-0.05, 0) is 18.2 Å². The normalized spacial score (nSPS) is 9.81. The van der Waals surface area contributed by atoms with Gasteiger partial charge in [0.2, 0.25) is 0 Å². The molecule has 1 aromatic heterocycles. The van der Waals surface area contributed by atoms with E-state index in [9.17, 15) is 9.18 Å². The summed E-state index contributed by atoms with van der Waals surface area (Å²) in [5.41, 5.74) is 3.20. The van der Waals surface area contributed by atoms with Crippen LogP contribution in [0, 0.1) is 17.7 Å². The first-order valence-corrected chi connectivity index (χ1v) is 7.19. The number of aliphatic hydroxyl groups is 1. The number of nitrogens with zero attached hydrogens (tertiary/aromatic N) is 1. The lowest BCUT2D eigenvalue weighted by Crippen LogP contribution is -2.26. The van der Waals surface area contributed by atoms with Crippen LogP contribution in [0.25, 0.3) is 0 Å². The molecule has 4 nitrogen and oxygen atoms in total. The van der Waals surface area contributed by atoms with Crippen molar-refractivity contribution in [1.29, 1.82) is 0 Å². The Morgan fingerprint density at radius 3 is 3.05 bits per heavy atom. The van der Waals surface area contributed by atoms with E-state index in [0.29, 0.717) is 13.0 Å². The minimum Gasteiger partial charge on any atom is -0.384 e. The molecule has 0 radical (unpaired) electrons. The molecule has 0 aliphatic rings. The Hall–Kier alpha value is -2.23. The molecule has 0 saturated carbocycles. The molecular weight excluding hydrogens is 291 g/mol. The molecule has 1 aromatic carbocycles. The Morgan fingerprint density at radius 2 is 2.33 bits per heavy atom. The van der Waals surface area contributed by atoms with Crippen LogP contribution in [0.3, 0.4) is 0 Å². The van der Waals surface area contributed by atoms with E-state index in [1.807, 2.05) is 5.38 Å². The summed E-state index contributed by atoms with van der Waals surface area (Å²) in [6, 6.07) is 3.77. The van der Waals surface area contributed by atoms with Crippen LogP contribution in [0.5, 0.6) is 0 Å². The van der Waals surface area contributed by atoms with Gasteiger partial charge in [-0.15, -0.1) is 11.3 Å². The summed E-state index contributed by atoms with van der Waals surface area (Å²) in [7, 11) is 0. The molecule has 2 aromatic rings. The smallest absolute Gasteiger partial charge is 0.252 e. The number of aromatic nitrogens is 1. The third kappa shape index (κ3) is 4.38. The van der Waals surface area contributed by atoms with E-state index in [1.165, 1.54) is 29.5 Å². The molecule has 1 heterocycles. The van der Waals surface area contributed by atoms with Crippen LogP contribution in [-0.4, -0.2) is 29.1 Å². The maximum absolute atomic E-state index is 13.2. The second kappa shape index (κ2) is 7.53. The average Bonchev–Trinajstić information content (AvgIpc) is 2.98. The zero-order valence-electron chi connectivity index (χ0n) is 11.1. The van der Waals surface area contributed by atoms with E-state index >= 15 is 0 Å². The van der Waals surface area contributed by atoms with E-state index in [0.717, 1.165) is 5.69 Å². The van der Waals surface area contributed by atoms with Gasteiger partial charge in [0.25, 0.3) is 5.91 Å². The third-order valence-electron chi connectivity index (χ3n) is 2.68. The zero-order chi connectivity index (χ0) is 15.1. The lowest BCUT2D eigenvalue weighted by molar-refractivity contribution is 0.0954. The average molecular weight is 304 g/mol. The molecule has 6 heteroatoms. The van der Waals surface area contributed by atoms with Crippen molar-refractivity contribution in [3.63, 3.8) is 0 Å². The van der Waals surface area contributed by atoms with E-state index in [4.69, 9.17) is 5.11 Å². The highest BCUT2D eigenvalue weighted by atomic mass is 32.1. The fraction of sp³-hybridized carbons (Fsp3) is 0.200. The Morgan fingerprint density at radius 1 is 1.48 bits per heavy atom. The zero-order valence-corrected chi connectivity index (χ0v) is 11.9. The van der Waals surface area contributed by atoms with Crippen LogP contribution in [0.4, 0.5) is 4.39 Å². The van der Waals surface area contributed by atoms with Crippen molar-refractivity contribution >= 4 is 17.2 Å². The van der Waals surface area contributed by atoms with Crippen molar-refractivity contribution in [2.45, 2.75) is 6.42 Å². The SMILES string of the molecule is O=C(NCCc1cscn1)c1ccc(F)cc1C#CCO. The molecule has 0 spiro atoms. The van der Waals surface area contributed by atoms with E-state index < -0.39 is 5.82 Å². The molecule has 2 N–H and O–H groups in total. The molecule has 0 aliphatic heterocycles. The first-order chi connectivity index (χ1) is 10.2. The van der Waals surface area contributed by atoms with Crippen LogP contribution >= 0.6 is 11.3 Å². The minimum atomic E-state index is -0.476. The largest absolute Gasteiger partial charge is 0.384 e. The maximum atomic E-state index is 13.2. The highest BCUT2D eigenvalue weighted by Crippen LogP contribution is 2.10. The molecule has 0 bridgehead atoms. The first kappa shape index (κ1) is 15.2. The van der Waals surface area contributed by atoms with Gasteiger partial charge in [-0.1, -0.05) is 11.8 Å². The van der Waals surface area contributed by atoms with Crippen molar-refractivity contribution in [3.05, 3.63) is 51.7 Å². The van der Waals surface area contributed by atoms with Gasteiger partial charge in [-0.3, -0.25) is 4.79 Å². The van der Waals surface area contributed by atoms with Gasteiger partial charge >= 0.3 is 0 Å². The third-order valence-corrected chi connectivity index (χ3v) is 3.31. The quantitative estimate of drug-likeness (QED) is 0.843. The van der Waals surface area contributed by atoms with E-state index in [2.05, 4.69) is 22.1 Å². The van der Waals surface area contributed by atoms with Crippen LogP contribution in [0.2, 0.25) is 0 Å². The van der Waals surface area contributed by atoms with Gasteiger partial charge in [-0.2, -0.15) is 0 Å². The molecule has 0 fully saturated rings. The van der Waals surface area contributed by atoms with Crippen molar-refractivity contribution < 1.29 is 14.3 Å². The lowest BCUT2D eigenvalue weighted by atomic mass is 10.1. The number of carbonyl (C=O) groups excluding carboxylic acids is 1. The second-order valence-corrected chi connectivity index (χ2v) is 4.85. The second-order valence-electron chi connectivity index (χ2n) is 4.14. The van der Waals surface area contributed by atoms with Gasteiger partial charge < -0.3 is 10.4 Å². The van der Waals surface area contributed by atoms with Gasteiger partial charge in [0.05, 0.1) is 16.8 Å². The summed E-state index contributed by atoms with van der Waals surface area (Å²) >= 11 is 1.50. The number of hydrogen-bond donors (Lipinski definition) is 2. The van der Waals surface area contributed by atoms with Crippen molar-refractivity contribution in [2.75, 3.05) is 13.2 Å². The summed E-state index contributed by atoms with van der Waals surface area (Å²) in [6.45, 7) is 0.0915. The number of carbonyl (C=O) groups is 1. The molecular formula is C15H13FN2O2S. The van der Waals surface area contributed by atoms with Crippen molar-refractivity contribution in [1.82, 2.24) is 10.3 Å². The Kier molecular flexibility index (Phi) is 5.43. The van der Waals surface area contributed by atoms with Crippen molar-refractivity contribution in [3.8, 4) is 11.8 Å². The number of amides is 1. The number of hydrogen-bond acceptors (Lipinski definition) is 4. The molecule has 108 valence electrons. The molecule has 0 saturated heterocycles. The summed E-state index contributed by atoms with van der Waals surface area (Å²) in [5, 5.41) is 13.4. The molecule has 1 amide bonds. The topological polar surface area (TPSA) is 62.2 Å². The monoisotopic (exact) mass is 304 g/mol. The molecule has 0 aliphatic carbocycles. The van der Waals surface area contributed by atoms with Crippen LogP contribution in [-0.2, 0) is 6.42 Å². The molecule has 2 rings (SSSR count). The molecule has 21 heavy (non-hydrogen) atoms. The maximum Gasteiger partial charge on any atom is 0.252 e.